The summed E-state index contributed by atoms with van der Waals surface area (Å²) in [7, 11) is 3.21. The molecule has 2 N–H and O–H groups in total. The van der Waals surface area contributed by atoms with Crippen LogP contribution >= 0.6 is 11.8 Å². The molecule has 1 heterocycles. The Morgan fingerprint density at radius 2 is 1.71 bits per heavy atom. The van der Waals surface area contributed by atoms with Gasteiger partial charge in [0.1, 0.15) is 0 Å². The number of hydrogen-bond acceptors (Lipinski definition) is 7. The molecule has 184 valence electrons. The number of methoxy groups -OCH3 is 2. The zero-order chi connectivity index (χ0) is 23.9. The van der Waals surface area contributed by atoms with E-state index in [0.29, 0.717) is 16.7 Å². The second-order valence-corrected chi connectivity index (χ2v) is 9.77. The lowest BCUT2D eigenvalue weighted by Gasteiger charge is -2.25. The summed E-state index contributed by atoms with van der Waals surface area (Å²) in [5, 5.41) is 14.9. The normalized spacial score (nSPS) is 16.9. The fourth-order valence-electron chi connectivity index (χ4n) is 4.80. The van der Waals surface area contributed by atoms with Crippen LogP contribution in [0.25, 0.3) is 11.4 Å². The van der Waals surface area contributed by atoms with Crippen molar-refractivity contribution in [3.63, 3.8) is 0 Å². The molecule has 0 bridgehead atoms. The maximum absolute atomic E-state index is 12.4. The molecule has 0 spiro atoms. The predicted molar refractivity (Wildman–Crippen MR) is 130 cm³/mol. The summed E-state index contributed by atoms with van der Waals surface area (Å²) in [6.45, 7) is 0. The minimum atomic E-state index is -0.419. The van der Waals surface area contributed by atoms with Crippen LogP contribution in [0.15, 0.2) is 23.4 Å². The van der Waals surface area contributed by atoms with Gasteiger partial charge in [0.05, 0.1) is 20.0 Å². The van der Waals surface area contributed by atoms with E-state index in [0.717, 1.165) is 62.8 Å². The zero-order valence-corrected chi connectivity index (χ0v) is 20.7. The number of ether oxygens (including phenoxy) is 2. The topological polar surface area (TPSA) is 107 Å². The lowest BCUT2D eigenvalue weighted by molar-refractivity contribution is -0.117. The number of amides is 3. The lowest BCUT2D eigenvalue weighted by atomic mass is 9.95. The molecule has 1 aromatic heterocycles. The Kier molecular flexibility index (Phi) is 8.31. The van der Waals surface area contributed by atoms with Crippen molar-refractivity contribution < 1.29 is 19.1 Å². The molecule has 1 aromatic carbocycles. The number of nitrogens with zero attached hydrogens (tertiary/aromatic N) is 3. The van der Waals surface area contributed by atoms with Gasteiger partial charge in [-0.25, -0.2) is 4.79 Å². The lowest BCUT2D eigenvalue weighted by Crippen LogP contribution is -2.44. The second kappa shape index (κ2) is 11.6. The Balaban J connectivity index is 1.49. The average Bonchev–Trinajstić information content (AvgIpc) is 3.52. The number of thioether (sulfide) groups is 1. The van der Waals surface area contributed by atoms with Crippen molar-refractivity contribution in [2.24, 2.45) is 0 Å². The molecule has 2 aromatic rings. The van der Waals surface area contributed by atoms with E-state index in [2.05, 4.69) is 25.4 Å². The van der Waals surface area contributed by atoms with Gasteiger partial charge in [0, 0.05) is 17.6 Å². The molecule has 9 nitrogen and oxygen atoms in total. The van der Waals surface area contributed by atoms with Crippen LogP contribution in [-0.4, -0.2) is 52.7 Å². The van der Waals surface area contributed by atoms with Crippen LogP contribution in [0.5, 0.6) is 11.5 Å². The Morgan fingerprint density at radius 1 is 1.00 bits per heavy atom. The van der Waals surface area contributed by atoms with Gasteiger partial charge in [0.25, 0.3) is 0 Å². The van der Waals surface area contributed by atoms with E-state index in [4.69, 9.17) is 9.47 Å². The Bertz CT molecular complexity index is 999. The van der Waals surface area contributed by atoms with Gasteiger partial charge >= 0.3 is 6.03 Å². The smallest absolute Gasteiger partial charge is 0.321 e. The van der Waals surface area contributed by atoms with E-state index in [9.17, 15) is 9.59 Å². The highest BCUT2D eigenvalue weighted by atomic mass is 32.2. The molecule has 0 aliphatic heterocycles. The Morgan fingerprint density at radius 3 is 2.41 bits per heavy atom. The van der Waals surface area contributed by atoms with Crippen molar-refractivity contribution in [3.05, 3.63) is 18.2 Å². The molecule has 0 radical (unpaired) electrons. The van der Waals surface area contributed by atoms with Crippen molar-refractivity contribution in [3.8, 4) is 22.9 Å². The molecule has 2 aliphatic rings. The number of nitrogens with one attached hydrogen (secondary N) is 2. The number of imide groups is 1. The van der Waals surface area contributed by atoms with E-state index in [1.54, 1.807) is 14.2 Å². The van der Waals surface area contributed by atoms with Crippen LogP contribution in [0.4, 0.5) is 4.79 Å². The van der Waals surface area contributed by atoms with Gasteiger partial charge in [0.2, 0.25) is 5.91 Å². The van der Waals surface area contributed by atoms with E-state index in [-0.39, 0.29) is 23.7 Å². The van der Waals surface area contributed by atoms with Gasteiger partial charge in [-0.05, 0) is 43.9 Å². The summed E-state index contributed by atoms with van der Waals surface area (Å²) in [4.78, 5) is 24.6. The number of carbonyl (C=O) groups excluding carboxylic acids is 2. The molecule has 0 atom stereocenters. The van der Waals surface area contributed by atoms with Crippen LogP contribution < -0.4 is 20.1 Å². The first-order valence-corrected chi connectivity index (χ1v) is 13.0. The van der Waals surface area contributed by atoms with Gasteiger partial charge in [-0.2, -0.15) is 0 Å². The quantitative estimate of drug-likeness (QED) is 0.534. The SMILES string of the molecule is COc1ccc(-c2nnc(SCC(=O)NC(=O)NC3CCCC3)n2C2CCCCC2)cc1OC. The fourth-order valence-corrected chi connectivity index (χ4v) is 5.61. The molecule has 2 saturated carbocycles. The number of rotatable bonds is 8. The molecule has 2 fully saturated rings. The van der Waals surface area contributed by atoms with E-state index in [1.807, 2.05) is 18.2 Å². The number of hydrogen-bond donors (Lipinski definition) is 2. The van der Waals surface area contributed by atoms with Crippen molar-refractivity contribution in [2.45, 2.75) is 75.0 Å². The van der Waals surface area contributed by atoms with Gasteiger partial charge < -0.3 is 14.8 Å². The molecular weight excluding hydrogens is 454 g/mol. The summed E-state index contributed by atoms with van der Waals surface area (Å²) in [6, 6.07) is 5.71. The van der Waals surface area contributed by atoms with Crippen LogP contribution in [-0.2, 0) is 4.79 Å². The number of aromatic nitrogens is 3. The molecule has 0 saturated heterocycles. The van der Waals surface area contributed by atoms with Crippen molar-refractivity contribution >= 4 is 23.7 Å². The number of benzene rings is 1. The summed E-state index contributed by atoms with van der Waals surface area (Å²) in [5.74, 6) is 1.77. The fraction of sp³-hybridized carbons (Fsp3) is 0.583. The third-order valence-electron chi connectivity index (χ3n) is 6.52. The van der Waals surface area contributed by atoms with Gasteiger partial charge in [-0.1, -0.05) is 43.9 Å². The molecule has 3 amide bonds. The van der Waals surface area contributed by atoms with Crippen molar-refractivity contribution in [2.75, 3.05) is 20.0 Å². The molecule has 4 rings (SSSR count). The highest BCUT2D eigenvalue weighted by molar-refractivity contribution is 7.99. The molecular formula is C24H33N5O4S. The summed E-state index contributed by atoms with van der Waals surface area (Å²) in [5.41, 5.74) is 0.878. The first kappa shape index (κ1) is 24.4. The highest BCUT2D eigenvalue weighted by Gasteiger charge is 2.25. The summed E-state index contributed by atoms with van der Waals surface area (Å²) >= 11 is 1.31. The first-order valence-electron chi connectivity index (χ1n) is 12.0. The Hall–Kier alpha value is -2.75. The van der Waals surface area contributed by atoms with Gasteiger partial charge in [-0.15, -0.1) is 10.2 Å². The van der Waals surface area contributed by atoms with Crippen molar-refractivity contribution in [1.29, 1.82) is 0 Å². The van der Waals surface area contributed by atoms with E-state index < -0.39 is 6.03 Å². The predicted octanol–water partition coefficient (Wildman–Crippen LogP) is 4.33. The standard InChI is InChI=1S/C24H33N5O4S/c1-32-19-13-12-16(14-20(19)33-2)22-27-28-24(29(22)18-10-4-3-5-11-18)34-15-21(30)26-23(31)25-17-8-6-7-9-17/h12-14,17-18H,3-11,15H2,1-2H3,(H2,25,26,30,31). The Labute approximate surface area is 204 Å². The largest absolute Gasteiger partial charge is 0.493 e. The van der Waals surface area contributed by atoms with Crippen molar-refractivity contribution in [1.82, 2.24) is 25.4 Å². The molecule has 34 heavy (non-hydrogen) atoms. The second-order valence-electron chi connectivity index (χ2n) is 8.83. The average molecular weight is 488 g/mol. The van der Waals surface area contributed by atoms with Crippen LogP contribution in [0.3, 0.4) is 0 Å². The highest BCUT2D eigenvalue weighted by Crippen LogP contribution is 2.38. The minimum Gasteiger partial charge on any atom is -0.493 e. The summed E-state index contributed by atoms with van der Waals surface area (Å²) < 4.78 is 13.0. The monoisotopic (exact) mass is 487 g/mol. The maximum Gasteiger partial charge on any atom is 0.321 e. The molecule has 0 unspecified atom stereocenters. The van der Waals surface area contributed by atoms with E-state index >= 15 is 0 Å². The number of carbonyl (C=O) groups is 2. The molecule has 2 aliphatic carbocycles. The maximum atomic E-state index is 12.4. The first-order chi connectivity index (χ1) is 16.6. The van der Waals surface area contributed by atoms with Gasteiger partial charge in [0.15, 0.2) is 22.5 Å². The van der Waals surface area contributed by atoms with Crippen LogP contribution in [0.1, 0.15) is 63.8 Å². The zero-order valence-electron chi connectivity index (χ0n) is 19.8. The van der Waals surface area contributed by atoms with E-state index in [1.165, 1.54) is 18.2 Å². The third-order valence-corrected chi connectivity index (χ3v) is 7.46. The minimum absolute atomic E-state index is 0.0921. The van der Waals surface area contributed by atoms with Gasteiger partial charge in [-0.3, -0.25) is 14.7 Å². The van der Waals surface area contributed by atoms with Crippen LogP contribution in [0, 0.1) is 0 Å². The molecule has 10 heteroatoms. The van der Waals surface area contributed by atoms with Crippen LogP contribution in [0.2, 0.25) is 0 Å². The third kappa shape index (κ3) is 5.84. The summed E-state index contributed by atoms with van der Waals surface area (Å²) in [6.07, 6.45) is 9.80. The number of urea groups is 1.